The maximum Gasteiger partial charge on any atom is 0.326 e. The molecule has 1 saturated heterocycles. The smallest absolute Gasteiger partial charge is 0.326 e. The summed E-state index contributed by atoms with van der Waals surface area (Å²) in [7, 11) is 0. The third-order valence-corrected chi connectivity index (χ3v) is 5.35. The molecule has 0 aromatic rings. The molecule has 0 aromatic heterocycles. The Balaban J connectivity index is 2.08. The average molecular weight is 354 g/mol. The molecule has 7 heteroatoms. The van der Waals surface area contributed by atoms with Gasteiger partial charge in [0.05, 0.1) is 12.6 Å². The van der Waals surface area contributed by atoms with Crippen LogP contribution in [0.1, 0.15) is 59.3 Å². The number of esters is 1. The third-order valence-electron chi connectivity index (χ3n) is 5.35. The van der Waals surface area contributed by atoms with E-state index in [2.05, 4.69) is 5.32 Å². The summed E-state index contributed by atoms with van der Waals surface area (Å²) in [4.78, 5) is 38.2. The van der Waals surface area contributed by atoms with Crippen molar-refractivity contribution in [3.8, 4) is 0 Å². The Kier molecular flexibility index (Phi) is 6.81. The molecule has 2 rings (SSSR count). The van der Waals surface area contributed by atoms with Gasteiger partial charge in [-0.1, -0.05) is 19.8 Å². The summed E-state index contributed by atoms with van der Waals surface area (Å²) in [5.41, 5.74) is 0. The molecular formula is C18H30N2O5. The minimum atomic E-state index is -0.939. The zero-order chi connectivity index (χ0) is 18.6. The average Bonchev–Trinajstić information content (AvgIpc) is 3.14. The minimum absolute atomic E-state index is 0.0186. The minimum Gasteiger partial charge on any atom is -0.480 e. The number of fused-ring (bicyclic) bond motifs is 1. The van der Waals surface area contributed by atoms with Gasteiger partial charge in [0.1, 0.15) is 12.1 Å². The van der Waals surface area contributed by atoms with Crippen LogP contribution >= 0.6 is 0 Å². The number of ether oxygens (including phenoxy) is 1. The Morgan fingerprint density at radius 1 is 1.28 bits per heavy atom. The quantitative estimate of drug-likeness (QED) is 0.642. The van der Waals surface area contributed by atoms with Crippen LogP contribution in [-0.2, 0) is 19.1 Å². The van der Waals surface area contributed by atoms with Crippen molar-refractivity contribution in [3.63, 3.8) is 0 Å². The molecule has 0 aromatic carbocycles. The first-order valence-corrected chi connectivity index (χ1v) is 9.38. The highest BCUT2D eigenvalue weighted by Gasteiger charge is 2.49. The van der Waals surface area contributed by atoms with E-state index < -0.39 is 24.1 Å². The van der Waals surface area contributed by atoms with Crippen LogP contribution in [0.4, 0.5) is 0 Å². The molecular weight excluding hydrogens is 324 g/mol. The number of carboxylic acid groups (broad SMARTS) is 1. The van der Waals surface area contributed by atoms with Crippen molar-refractivity contribution in [2.24, 2.45) is 5.92 Å². The maximum atomic E-state index is 13.0. The van der Waals surface area contributed by atoms with Crippen LogP contribution in [0.2, 0.25) is 0 Å². The second-order valence-corrected chi connectivity index (χ2v) is 7.08. The molecule has 0 radical (unpaired) electrons. The fourth-order valence-corrected chi connectivity index (χ4v) is 4.22. The van der Waals surface area contributed by atoms with Crippen molar-refractivity contribution >= 4 is 17.8 Å². The van der Waals surface area contributed by atoms with E-state index in [0.29, 0.717) is 19.4 Å². The third kappa shape index (κ3) is 4.32. The number of carbonyl (C=O) groups is 3. The number of nitrogens with one attached hydrogen (secondary N) is 1. The Bertz CT molecular complexity index is 510. The summed E-state index contributed by atoms with van der Waals surface area (Å²) in [5.74, 6) is -1.25. The van der Waals surface area contributed by atoms with Gasteiger partial charge in [0.25, 0.3) is 0 Å². The SMILES string of the molecule is CCCC(N[C@@H](C)C(=O)N1C(C(=O)O)CC2CCCC21)C(=O)OCC. The number of carbonyl (C=O) groups excluding carboxylic acids is 2. The summed E-state index contributed by atoms with van der Waals surface area (Å²) in [6.07, 6.45) is 4.78. The van der Waals surface area contributed by atoms with Gasteiger partial charge in [0.2, 0.25) is 5.91 Å². The molecule has 4 unspecified atom stereocenters. The molecule has 2 fully saturated rings. The molecule has 1 saturated carbocycles. The summed E-state index contributed by atoms with van der Waals surface area (Å²) in [6, 6.07) is -1.90. The molecule has 0 bridgehead atoms. The second-order valence-electron chi connectivity index (χ2n) is 7.08. The number of aliphatic carboxylic acids is 1. The fourth-order valence-electron chi connectivity index (χ4n) is 4.22. The fraction of sp³-hybridized carbons (Fsp3) is 0.833. The van der Waals surface area contributed by atoms with Crippen molar-refractivity contribution in [2.75, 3.05) is 6.61 Å². The first kappa shape index (κ1) is 19.7. The summed E-state index contributed by atoms with van der Waals surface area (Å²) < 4.78 is 5.07. The lowest BCUT2D eigenvalue weighted by Crippen LogP contribution is -2.55. The van der Waals surface area contributed by atoms with Crippen LogP contribution in [0.25, 0.3) is 0 Å². The van der Waals surface area contributed by atoms with Crippen molar-refractivity contribution in [1.82, 2.24) is 10.2 Å². The van der Waals surface area contributed by atoms with Crippen LogP contribution in [0, 0.1) is 5.92 Å². The van der Waals surface area contributed by atoms with Crippen molar-refractivity contribution in [3.05, 3.63) is 0 Å². The number of hydrogen-bond acceptors (Lipinski definition) is 5. The van der Waals surface area contributed by atoms with Crippen LogP contribution in [0.15, 0.2) is 0 Å². The lowest BCUT2D eigenvalue weighted by Gasteiger charge is -2.31. The Labute approximate surface area is 149 Å². The Morgan fingerprint density at radius 3 is 2.60 bits per heavy atom. The predicted molar refractivity (Wildman–Crippen MR) is 91.9 cm³/mol. The van der Waals surface area contributed by atoms with Gasteiger partial charge in [0.15, 0.2) is 0 Å². The monoisotopic (exact) mass is 354 g/mol. The van der Waals surface area contributed by atoms with Crippen LogP contribution in [0.3, 0.4) is 0 Å². The summed E-state index contributed by atoms with van der Waals surface area (Å²) in [5, 5.41) is 12.6. The normalized spacial score (nSPS) is 27.6. The lowest BCUT2D eigenvalue weighted by atomic mass is 10.0. The van der Waals surface area contributed by atoms with Crippen molar-refractivity contribution in [1.29, 1.82) is 0 Å². The highest BCUT2D eigenvalue weighted by Crippen LogP contribution is 2.41. The highest BCUT2D eigenvalue weighted by atomic mass is 16.5. The summed E-state index contributed by atoms with van der Waals surface area (Å²) >= 11 is 0. The lowest BCUT2D eigenvalue weighted by molar-refractivity contribution is -0.151. The van der Waals surface area contributed by atoms with Crippen LogP contribution in [0.5, 0.6) is 0 Å². The van der Waals surface area contributed by atoms with Gasteiger partial charge in [0, 0.05) is 6.04 Å². The largest absolute Gasteiger partial charge is 0.480 e. The van der Waals surface area contributed by atoms with E-state index in [1.165, 1.54) is 0 Å². The van der Waals surface area contributed by atoms with Crippen LogP contribution < -0.4 is 5.32 Å². The van der Waals surface area contributed by atoms with E-state index in [1.54, 1.807) is 18.7 Å². The van der Waals surface area contributed by atoms with E-state index >= 15 is 0 Å². The standard InChI is InChI=1S/C18H30N2O5/c1-4-7-13(18(24)25-5-2)19-11(3)16(21)20-14-9-6-8-12(14)10-15(20)17(22)23/h11-15,19H,4-10H2,1-3H3,(H,22,23)/t11-,12?,13?,14?,15?/m0/s1. The number of amides is 1. The molecule has 1 amide bonds. The summed E-state index contributed by atoms with van der Waals surface area (Å²) in [6.45, 7) is 5.70. The van der Waals surface area contributed by atoms with E-state index in [1.807, 2.05) is 6.92 Å². The van der Waals surface area contributed by atoms with Gasteiger partial charge in [-0.2, -0.15) is 0 Å². The van der Waals surface area contributed by atoms with Gasteiger partial charge < -0.3 is 14.7 Å². The van der Waals surface area contributed by atoms with Gasteiger partial charge in [-0.15, -0.1) is 0 Å². The zero-order valence-corrected chi connectivity index (χ0v) is 15.4. The van der Waals surface area contributed by atoms with Crippen molar-refractivity contribution in [2.45, 2.75) is 83.5 Å². The van der Waals surface area contributed by atoms with E-state index in [9.17, 15) is 19.5 Å². The molecule has 1 aliphatic heterocycles. The van der Waals surface area contributed by atoms with Gasteiger partial charge in [-0.25, -0.2) is 4.79 Å². The number of rotatable bonds is 8. The molecule has 1 aliphatic carbocycles. The van der Waals surface area contributed by atoms with E-state index in [4.69, 9.17) is 4.74 Å². The molecule has 7 nitrogen and oxygen atoms in total. The molecule has 2 N–H and O–H groups in total. The van der Waals surface area contributed by atoms with Gasteiger partial charge >= 0.3 is 11.9 Å². The topological polar surface area (TPSA) is 95.9 Å². The number of carboxylic acids is 1. The van der Waals surface area contributed by atoms with Crippen LogP contribution in [-0.4, -0.2) is 58.6 Å². The Hall–Kier alpha value is -1.63. The molecule has 142 valence electrons. The van der Waals surface area contributed by atoms with E-state index in [0.717, 1.165) is 25.7 Å². The molecule has 1 heterocycles. The van der Waals surface area contributed by atoms with Gasteiger partial charge in [-0.05, 0) is 45.4 Å². The molecule has 2 aliphatic rings. The molecule has 25 heavy (non-hydrogen) atoms. The number of hydrogen-bond donors (Lipinski definition) is 2. The molecule has 0 spiro atoms. The highest BCUT2D eigenvalue weighted by molar-refractivity contribution is 5.88. The van der Waals surface area contributed by atoms with Gasteiger partial charge in [-0.3, -0.25) is 14.9 Å². The first-order chi connectivity index (χ1) is 11.9. The first-order valence-electron chi connectivity index (χ1n) is 9.38. The zero-order valence-electron chi connectivity index (χ0n) is 15.4. The van der Waals surface area contributed by atoms with E-state index in [-0.39, 0.29) is 23.8 Å². The second kappa shape index (κ2) is 8.65. The molecule has 5 atom stereocenters. The van der Waals surface area contributed by atoms with Crippen molar-refractivity contribution < 1.29 is 24.2 Å². The Morgan fingerprint density at radius 2 is 2.00 bits per heavy atom. The number of nitrogens with zero attached hydrogens (tertiary/aromatic N) is 1. The predicted octanol–water partition coefficient (Wildman–Crippen LogP) is 1.55. The number of likely N-dealkylation sites (tertiary alicyclic amines) is 1. The maximum absolute atomic E-state index is 13.0.